The lowest BCUT2D eigenvalue weighted by Gasteiger charge is -2.16. The molecule has 0 aromatic heterocycles. The zero-order valence-corrected chi connectivity index (χ0v) is 14.4. The minimum Gasteiger partial charge on any atom is -0.454 e. The minimum absolute atomic E-state index is 0.100. The molecule has 0 bridgehead atoms. The topological polar surface area (TPSA) is 38.8 Å². The quantitative estimate of drug-likeness (QED) is 0.598. The van der Waals surface area contributed by atoms with Crippen LogP contribution in [0.1, 0.15) is 11.1 Å². The highest BCUT2D eigenvalue weighted by molar-refractivity contribution is 8.27. The largest absolute Gasteiger partial charge is 0.454 e. The third kappa shape index (κ3) is 2.57. The number of thiocarbonyl (C=S) groups is 1. The van der Waals surface area contributed by atoms with Crippen molar-refractivity contribution in [3.05, 3.63) is 58.5 Å². The molecule has 120 valence electrons. The van der Waals surface area contributed by atoms with Crippen LogP contribution >= 0.6 is 24.0 Å². The van der Waals surface area contributed by atoms with Crippen molar-refractivity contribution >= 4 is 46.0 Å². The first kappa shape index (κ1) is 15.2. The third-order valence-corrected chi connectivity index (χ3v) is 5.15. The Balaban J connectivity index is 1.67. The molecule has 0 atom stereocenters. The predicted molar refractivity (Wildman–Crippen MR) is 99.4 cm³/mol. The van der Waals surface area contributed by atoms with Gasteiger partial charge in [-0.2, -0.15) is 0 Å². The second-order valence-electron chi connectivity index (χ2n) is 5.42. The van der Waals surface area contributed by atoms with Crippen LogP contribution in [0.2, 0.25) is 0 Å². The molecule has 2 aliphatic heterocycles. The molecule has 2 aromatic carbocycles. The number of ether oxygens (including phenoxy) is 2. The summed E-state index contributed by atoms with van der Waals surface area (Å²) in [5.74, 6) is 1.31. The zero-order valence-electron chi connectivity index (χ0n) is 12.8. The van der Waals surface area contributed by atoms with Gasteiger partial charge in [-0.3, -0.25) is 9.69 Å². The number of carbonyl (C=O) groups is 1. The van der Waals surface area contributed by atoms with E-state index in [0.717, 1.165) is 22.6 Å². The summed E-state index contributed by atoms with van der Waals surface area (Å²) in [6, 6.07) is 13.3. The summed E-state index contributed by atoms with van der Waals surface area (Å²) in [4.78, 5) is 15.0. The number of hydrogen-bond donors (Lipinski definition) is 0. The van der Waals surface area contributed by atoms with Crippen LogP contribution in [0.25, 0.3) is 6.08 Å². The van der Waals surface area contributed by atoms with Crippen molar-refractivity contribution in [3.63, 3.8) is 0 Å². The van der Waals surface area contributed by atoms with Crippen LogP contribution < -0.4 is 14.4 Å². The maximum Gasteiger partial charge on any atom is 0.270 e. The molecule has 1 saturated heterocycles. The molecular formula is C18H13NO3S2. The van der Waals surface area contributed by atoms with E-state index in [1.807, 2.05) is 55.5 Å². The van der Waals surface area contributed by atoms with Crippen molar-refractivity contribution in [1.29, 1.82) is 0 Å². The smallest absolute Gasteiger partial charge is 0.270 e. The van der Waals surface area contributed by atoms with Crippen molar-refractivity contribution in [2.75, 3.05) is 11.7 Å². The van der Waals surface area contributed by atoms with E-state index >= 15 is 0 Å². The van der Waals surface area contributed by atoms with Crippen molar-refractivity contribution in [1.82, 2.24) is 0 Å². The van der Waals surface area contributed by atoms with Crippen LogP contribution in [0.5, 0.6) is 11.5 Å². The number of anilines is 1. The minimum atomic E-state index is -0.100. The van der Waals surface area contributed by atoms with E-state index < -0.39 is 0 Å². The Kier molecular flexibility index (Phi) is 3.78. The molecule has 0 N–H and O–H groups in total. The average molecular weight is 355 g/mol. The molecule has 6 heteroatoms. The van der Waals surface area contributed by atoms with Gasteiger partial charge in [0, 0.05) is 0 Å². The molecule has 0 spiro atoms. The zero-order chi connectivity index (χ0) is 16.7. The van der Waals surface area contributed by atoms with Gasteiger partial charge in [-0.25, -0.2) is 0 Å². The number of aryl methyl sites for hydroxylation is 1. The molecule has 2 heterocycles. The third-order valence-electron chi connectivity index (χ3n) is 3.84. The number of para-hydroxylation sites is 1. The Morgan fingerprint density at radius 1 is 1.17 bits per heavy atom. The van der Waals surface area contributed by atoms with E-state index in [2.05, 4.69) is 0 Å². The SMILES string of the molecule is Cc1ccccc1N1C(=O)C(=Cc2ccc3c(c2)OCO3)SC1=S. The van der Waals surface area contributed by atoms with Gasteiger partial charge in [-0.15, -0.1) is 0 Å². The van der Waals surface area contributed by atoms with E-state index in [0.29, 0.717) is 15.0 Å². The fraction of sp³-hybridized carbons (Fsp3) is 0.111. The van der Waals surface area contributed by atoms with Gasteiger partial charge in [0.25, 0.3) is 5.91 Å². The predicted octanol–water partition coefficient (Wildman–Crippen LogP) is 4.13. The highest BCUT2D eigenvalue weighted by Gasteiger charge is 2.34. The highest BCUT2D eigenvalue weighted by Crippen LogP contribution is 2.38. The van der Waals surface area contributed by atoms with Gasteiger partial charge in [0.05, 0.1) is 10.6 Å². The maximum absolute atomic E-state index is 12.8. The van der Waals surface area contributed by atoms with E-state index in [1.54, 1.807) is 4.90 Å². The van der Waals surface area contributed by atoms with Gasteiger partial charge < -0.3 is 9.47 Å². The maximum atomic E-state index is 12.8. The van der Waals surface area contributed by atoms with Crippen LogP contribution in [-0.2, 0) is 4.79 Å². The van der Waals surface area contributed by atoms with Gasteiger partial charge in [0.2, 0.25) is 6.79 Å². The number of fused-ring (bicyclic) bond motifs is 1. The van der Waals surface area contributed by atoms with Crippen LogP contribution in [0.15, 0.2) is 47.4 Å². The summed E-state index contributed by atoms with van der Waals surface area (Å²) in [5.41, 5.74) is 2.72. The molecule has 0 radical (unpaired) electrons. The Bertz CT molecular complexity index is 892. The first-order valence-electron chi connectivity index (χ1n) is 7.37. The second-order valence-corrected chi connectivity index (χ2v) is 7.09. The van der Waals surface area contributed by atoms with Crippen molar-refractivity contribution < 1.29 is 14.3 Å². The summed E-state index contributed by atoms with van der Waals surface area (Å²) >= 11 is 6.72. The monoisotopic (exact) mass is 355 g/mol. The Morgan fingerprint density at radius 3 is 2.79 bits per heavy atom. The summed E-state index contributed by atoms with van der Waals surface area (Å²) in [7, 11) is 0. The number of hydrogen-bond acceptors (Lipinski definition) is 5. The summed E-state index contributed by atoms with van der Waals surface area (Å²) in [6.45, 7) is 2.20. The molecule has 1 fully saturated rings. The van der Waals surface area contributed by atoms with Gasteiger partial charge >= 0.3 is 0 Å². The molecule has 2 aliphatic rings. The molecule has 4 nitrogen and oxygen atoms in total. The molecule has 24 heavy (non-hydrogen) atoms. The molecule has 2 aromatic rings. The Labute approximate surface area is 149 Å². The number of carbonyl (C=O) groups excluding carboxylic acids is 1. The van der Waals surface area contributed by atoms with Gasteiger partial charge in [-0.05, 0) is 42.3 Å². The molecule has 0 aliphatic carbocycles. The van der Waals surface area contributed by atoms with E-state index in [4.69, 9.17) is 21.7 Å². The molecule has 0 unspecified atom stereocenters. The summed E-state index contributed by atoms with van der Waals surface area (Å²) in [6.07, 6.45) is 1.83. The molecule has 0 saturated carbocycles. The van der Waals surface area contributed by atoms with Crippen LogP contribution in [0, 0.1) is 6.92 Å². The standard InChI is InChI=1S/C18H13NO3S2/c1-11-4-2-3-5-13(11)19-17(20)16(24-18(19)23)9-12-6-7-14-15(8-12)22-10-21-14/h2-9H,10H2,1H3. The fourth-order valence-corrected chi connectivity index (χ4v) is 3.93. The number of nitrogens with zero attached hydrogens (tertiary/aromatic N) is 1. The normalized spacial score (nSPS) is 17.9. The van der Waals surface area contributed by atoms with E-state index in [1.165, 1.54) is 11.8 Å². The number of rotatable bonds is 2. The molecule has 1 amide bonds. The lowest BCUT2D eigenvalue weighted by molar-refractivity contribution is -0.113. The van der Waals surface area contributed by atoms with Crippen LogP contribution in [0.3, 0.4) is 0 Å². The number of benzene rings is 2. The van der Waals surface area contributed by atoms with E-state index in [9.17, 15) is 4.79 Å². The van der Waals surface area contributed by atoms with Crippen molar-refractivity contribution in [3.8, 4) is 11.5 Å². The summed E-state index contributed by atoms with van der Waals surface area (Å²) in [5, 5.41) is 0. The summed E-state index contributed by atoms with van der Waals surface area (Å²) < 4.78 is 11.2. The molecule has 4 rings (SSSR count). The van der Waals surface area contributed by atoms with Crippen LogP contribution in [0.4, 0.5) is 5.69 Å². The van der Waals surface area contributed by atoms with E-state index in [-0.39, 0.29) is 12.7 Å². The van der Waals surface area contributed by atoms with Gasteiger partial charge in [-0.1, -0.05) is 48.2 Å². The van der Waals surface area contributed by atoms with Gasteiger partial charge in [0.15, 0.2) is 15.8 Å². The lowest BCUT2D eigenvalue weighted by atomic mass is 10.1. The number of thioether (sulfide) groups is 1. The average Bonchev–Trinajstić information content (AvgIpc) is 3.13. The number of amides is 1. The van der Waals surface area contributed by atoms with Crippen LogP contribution in [-0.4, -0.2) is 17.0 Å². The molecular weight excluding hydrogens is 342 g/mol. The van der Waals surface area contributed by atoms with Gasteiger partial charge in [0.1, 0.15) is 0 Å². The highest BCUT2D eigenvalue weighted by atomic mass is 32.2. The second kappa shape index (κ2) is 5.96. The van der Waals surface area contributed by atoms with Crippen molar-refractivity contribution in [2.45, 2.75) is 6.92 Å². The lowest BCUT2D eigenvalue weighted by Crippen LogP contribution is -2.28. The Morgan fingerprint density at radius 2 is 1.96 bits per heavy atom. The fourth-order valence-electron chi connectivity index (χ4n) is 2.64. The first-order chi connectivity index (χ1) is 11.6. The first-order valence-corrected chi connectivity index (χ1v) is 8.59. The van der Waals surface area contributed by atoms with Crippen molar-refractivity contribution in [2.24, 2.45) is 0 Å². The Hall–Kier alpha value is -2.31.